The third kappa shape index (κ3) is 5.89. The molecule has 0 atom stereocenters. The first-order valence-corrected chi connectivity index (χ1v) is 8.76. The summed E-state index contributed by atoms with van der Waals surface area (Å²) in [6, 6.07) is 9.07. The van der Waals surface area contributed by atoms with Gasteiger partial charge in [0.05, 0.1) is 11.3 Å². The van der Waals surface area contributed by atoms with Crippen LogP contribution in [0.3, 0.4) is 0 Å². The zero-order valence-corrected chi connectivity index (χ0v) is 16.0. The van der Waals surface area contributed by atoms with Crippen LogP contribution in [0.2, 0.25) is 10.0 Å². The molecular weight excluding hydrogens is 431 g/mol. The van der Waals surface area contributed by atoms with E-state index in [1.165, 1.54) is 0 Å². The van der Waals surface area contributed by atoms with E-state index in [0.717, 1.165) is 0 Å². The van der Waals surface area contributed by atoms with Gasteiger partial charge in [-0.3, -0.25) is 4.79 Å². The molecule has 0 saturated carbocycles. The van der Waals surface area contributed by atoms with Gasteiger partial charge in [0.1, 0.15) is 0 Å². The maximum absolute atomic E-state index is 12.2. The van der Waals surface area contributed by atoms with Gasteiger partial charge in [0.15, 0.2) is 0 Å². The van der Waals surface area contributed by atoms with Crippen LogP contribution >= 0.6 is 39.1 Å². The van der Waals surface area contributed by atoms with Gasteiger partial charge in [-0.05, 0) is 36.4 Å². The van der Waals surface area contributed by atoms with Crippen molar-refractivity contribution in [2.75, 3.05) is 23.7 Å². The zero-order valence-electron chi connectivity index (χ0n) is 12.9. The predicted molar refractivity (Wildman–Crippen MR) is 105 cm³/mol. The topological polar surface area (TPSA) is 96.2 Å². The minimum Gasteiger partial charge on any atom is -0.351 e. The van der Waals surface area contributed by atoms with E-state index >= 15 is 0 Å². The number of hydrogen-bond donors (Lipinski definition) is 4. The van der Waals surface area contributed by atoms with Crippen LogP contribution in [-0.4, -0.2) is 25.0 Å². The second-order valence-electron chi connectivity index (χ2n) is 4.97. The third-order valence-electron chi connectivity index (χ3n) is 3.02. The zero-order chi connectivity index (χ0) is 18.4. The molecule has 25 heavy (non-hydrogen) atoms. The highest BCUT2D eigenvalue weighted by Crippen LogP contribution is 2.24. The summed E-state index contributed by atoms with van der Waals surface area (Å²) in [5.41, 5.74) is 6.47. The second-order valence-corrected chi connectivity index (χ2v) is 6.76. The van der Waals surface area contributed by atoms with Crippen molar-refractivity contribution in [1.29, 1.82) is 0 Å². The minimum absolute atomic E-state index is 0.316. The fourth-order valence-electron chi connectivity index (χ4n) is 2.01. The van der Waals surface area contributed by atoms with E-state index in [9.17, 15) is 9.59 Å². The fourth-order valence-corrected chi connectivity index (χ4v) is 2.90. The van der Waals surface area contributed by atoms with Gasteiger partial charge in [-0.15, -0.1) is 0 Å². The van der Waals surface area contributed by atoms with Crippen molar-refractivity contribution in [3.63, 3.8) is 0 Å². The Bertz CT molecular complexity index is 781. The predicted octanol–water partition coefficient (Wildman–Crippen LogP) is 4.09. The summed E-state index contributed by atoms with van der Waals surface area (Å²) >= 11 is 15.1. The fraction of sp³-hybridized carbons (Fsp3) is 0.125. The first-order chi connectivity index (χ1) is 11.9. The molecule has 0 aliphatic carbocycles. The maximum atomic E-state index is 12.2. The summed E-state index contributed by atoms with van der Waals surface area (Å²) in [4.78, 5) is 24.4. The molecule has 0 spiro atoms. The van der Waals surface area contributed by atoms with Crippen molar-refractivity contribution in [3.05, 3.63) is 56.5 Å². The molecule has 2 aromatic rings. The third-order valence-corrected chi connectivity index (χ3v) is 3.95. The highest BCUT2D eigenvalue weighted by atomic mass is 79.9. The molecule has 0 radical (unpaired) electrons. The number of nitrogens with two attached hydrogens (primary N) is 1. The number of carbonyl (C=O) groups excluding carboxylic acids is 2. The van der Waals surface area contributed by atoms with E-state index in [2.05, 4.69) is 31.9 Å². The number of hydrogen-bond acceptors (Lipinski definition) is 3. The van der Waals surface area contributed by atoms with Gasteiger partial charge in [-0.1, -0.05) is 39.1 Å². The number of benzene rings is 2. The van der Waals surface area contributed by atoms with E-state index in [1.54, 1.807) is 36.4 Å². The Labute approximate surface area is 163 Å². The number of urea groups is 1. The van der Waals surface area contributed by atoms with Crippen LogP contribution in [0.1, 0.15) is 10.4 Å². The lowest BCUT2D eigenvalue weighted by Gasteiger charge is -2.13. The van der Waals surface area contributed by atoms with Gasteiger partial charge < -0.3 is 21.7 Å². The molecule has 2 rings (SSSR count). The van der Waals surface area contributed by atoms with E-state index in [0.29, 0.717) is 44.5 Å². The Morgan fingerprint density at radius 3 is 2.36 bits per heavy atom. The van der Waals surface area contributed by atoms with Crippen molar-refractivity contribution in [2.24, 2.45) is 5.73 Å². The maximum Gasteiger partial charge on any atom is 0.323 e. The van der Waals surface area contributed by atoms with Crippen molar-refractivity contribution in [2.45, 2.75) is 0 Å². The molecule has 0 unspecified atom stereocenters. The van der Waals surface area contributed by atoms with Crippen molar-refractivity contribution < 1.29 is 9.59 Å². The van der Waals surface area contributed by atoms with Crippen LogP contribution < -0.4 is 21.7 Å². The SMILES string of the molecule is NCCNC(=O)c1ccc(Br)cc1NC(=O)Nc1cc(Cl)cc(Cl)c1. The Morgan fingerprint density at radius 2 is 1.72 bits per heavy atom. The standard InChI is InChI=1S/C16H15BrCl2N4O2/c17-9-1-2-13(15(24)21-4-3-20)14(5-9)23-16(25)22-12-7-10(18)6-11(19)8-12/h1-2,5-8H,3-4,20H2,(H,21,24)(H2,22,23,25). The first-order valence-electron chi connectivity index (χ1n) is 7.21. The molecule has 9 heteroatoms. The van der Waals surface area contributed by atoms with E-state index in [1.807, 2.05) is 0 Å². The quantitative estimate of drug-likeness (QED) is 0.558. The van der Waals surface area contributed by atoms with Gasteiger partial charge in [-0.25, -0.2) is 4.79 Å². The summed E-state index contributed by atoms with van der Waals surface area (Å²) in [6.07, 6.45) is 0. The highest BCUT2D eigenvalue weighted by Gasteiger charge is 2.14. The van der Waals surface area contributed by atoms with Crippen LogP contribution in [0.25, 0.3) is 0 Å². The van der Waals surface area contributed by atoms with Gasteiger partial charge in [0.2, 0.25) is 0 Å². The Morgan fingerprint density at radius 1 is 1.04 bits per heavy atom. The van der Waals surface area contributed by atoms with E-state index in [4.69, 9.17) is 28.9 Å². The molecule has 0 saturated heterocycles. The van der Waals surface area contributed by atoms with E-state index < -0.39 is 6.03 Å². The van der Waals surface area contributed by atoms with Crippen molar-refractivity contribution in [3.8, 4) is 0 Å². The molecule has 0 aliphatic rings. The Hall–Kier alpha value is -1.80. The molecular formula is C16H15BrCl2N4O2. The molecule has 5 N–H and O–H groups in total. The monoisotopic (exact) mass is 444 g/mol. The van der Waals surface area contributed by atoms with Gasteiger partial charge in [-0.2, -0.15) is 0 Å². The summed E-state index contributed by atoms with van der Waals surface area (Å²) in [5.74, 6) is -0.334. The number of carbonyl (C=O) groups is 2. The summed E-state index contributed by atoms with van der Waals surface area (Å²) in [5, 5.41) is 8.70. The Kier molecular flexibility index (Phi) is 7.07. The molecule has 3 amide bonds. The molecule has 132 valence electrons. The average Bonchev–Trinajstić information content (AvgIpc) is 2.51. The lowest BCUT2D eigenvalue weighted by Crippen LogP contribution is -2.30. The number of anilines is 2. The van der Waals surface area contributed by atoms with Crippen LogP contribution in [0.5, 0.6) is 0 Å². The molecule has 0 heterocycles. The van der Waals surface area contributed by atoms with Gasteiger partial charge in [0, 0.05) is 33.3 Å². The molecule has 0 aliphatic heterocycles. The minimum atomic E-state index is -0.538. The van der Waals surface area contributed by atoms with Crippen molar-refractivity contribution in [1.82, 2.24) is 5.32 Å². The van der Waals surface area contributed by atoms with Crippen LogP contribution in [0.15, 0.2) is 40.9 Å². The van der Waals surface area contributed by atoms with E-state index in [-0.39, 0.29) is 5.91 Å². The lowest BCUT2D eigenvalue weighted by atomic mass is 10.1. The first kappa shape index (κ1) is 19.5. The second kappa shape index (κ2) is 9.05. The van der Waals surface area contributed by atoms with Gasteiger partial charge >= 0.3 is 6.03 Å². The number of amides is 3. The summed E-state index contributed by atoms with van der Waals surface area (Å²) < 4.78 is 0.712. The van der Waals surface area contributed by atoms with Crippen molar-refractivity contribution >= 4 is 62.4 Å². The van der Waals surface area contributed by atoms with Crippen LogP contribution in [-0.2, 0) is 0 Å². The number of halogens is 3. The number of rotatable bonds is 5. The molecule has 0 bridgehead atoms. The lowest BCUT2D eigenvalue weighted by molar-refractivity contribution is 0.0955. The molecule has 6 nitrogen and oxygen atoms in total. The Balaban J connectivity index is 2.16. The molecule has 2 aromatic carbocycles. The molecule has 0 aromatic heterocycles. The summed E-state index contributed by atoms with van der Waals surface area (Å²) in [7, 11) is 0. The normalized spacial score (nSPS) is 10.2. The largest absolute Gasteiger partial charge is 0.351 e. The molecule has 0 fully saturated rings. The average molecular weight is 446 g/mol. The van der Waals surface area contributed by atoms with Crippen LogP contribution in [0.4, 0.5) is 16.2 Å². The highest BCUT2D eigenvalue weighted by molar-refractivity contribution is 9.10. The van der Waals surface area contributed by atoms with Crippen LogP contribution in [0, 0.1) is 0 Å². The smallest absolute Gasteiger partial charge is 0.323 e. The number of nitrogens with one attached hydrogen (secondary N) is 3. The van der Waals surface area contributed by atoms with Gasteiger partial charge in [0.25, 0.3) is 5.91 Å². The summed E-state index contributed by atoms with van der Waals surface area (Å²) in [6.45, 7) is 0.655.